The average Bonchev–Trinajstić information content (AvgIpc) is 2.72. The van der Waals surface area contributed by atoms with Crippen molar-refractivity contribution in [3.05, 3.63) is 59.7 Å². The molecule has 0 aliphatic rings. The molecule has 2 rings (SSSR count). The predicted molar refractivity (Wildman–Crippen MR) is 106 cm³/mol. The number of hydrogen-bond donors (Lipinski definition) is 2. The Balaban J connectivity index is 1.91. The molecule has 0 unspecified atom stereocenters. The van der Waals surface area contributed by atoms with Gasteiger partial charge in [0, 0.05) is 32.4 Å². The summed E-state index contributed by atoms with van der Waals surface area (Å²) < 4.78 is 30.0. The fourth-order valence-electron chi connectivity index (χ4n) is 2.23. The Bertz CT molecular complexity index is 999. The van der Waals surface area contributed by atoms with Gasteiger partial charge in [0.15, 0.2) is 6.61 Å². The number of carbonyl (C=O) groups is 3. The number of ether oxygens (including phenoxy) is 1. The van der Waals surface area contributed by atoms with Crippen LogP contribution in [0, 0.1) is 0 Å². The number of carbonyl (C=O) groups excluding carboxylic acids is 3. The Hall–Kier alpha value is -3.24. The van der Waals surface area contributed by atoms with E-state index in [4.69, 9.17) is 4.74 Å². The van der Waals surface area contributed by atoms with Crippen LogP contribution < -0.4 is 10.6 Å². The molecule has 0 aromatic heterocycles. The first-order valence-corrected chi connectivity index (χ1v) is 9.91. The molecule has 0 fully saturated rings. The zero-order valence-electron chi connectivity index (χ0n) is 16.1. The van der Waals surface area contributed by atoms with Crippen molar-refractivity contribution >= 4 is 33.5 Å². The van der Waals surface area contributed by atoms with Gasteiger partial charge >= 0.3 is 5.97 Å². The van der Waals surface area contributed by atoms with Crippen LogP contribution >= 0.6 is 0 Å². The topological polar surface area (TPSA) is 122 Å². The molecule has 10 heteroatoms. The van der Waals surface area contributed by atoms with Gasteiger partial charge < -0.3 is 15.4 Å². The highest BCUT2D eigenvalue weighted by atomic mass is 32.2. The largest absolute Gasteiger partial charge is 0.452 e. The molecule has 0 saturated heterocycles. The van der Waals surface area contributed by atoms with Gasteiger partial charge in [-0.05, 0) is 48.5 Å². The Morgan fingerprint density at radius 2 is 1.48 bits per heavy atom. The van der Waals surface area contributed by atoms with Gasteiger partial charge in [0.25, 0.3) is 11.8 Å². The highest BCUT2D eigenvalue weighted by Gasteiger charge is 2.18. The van der Waals surface area contributed by atoms with Gasteiger partial charge in [0.05, 0.1) is 10.5 Å². The number of nitrogens with one attached hydrogen (secondary N) is 2. The van der Waals surface area contributed by atoms with Gasteiger partial charge in [-0.3, -0.25) is 9.59 Å². The molecule has 0 heterocycles. The fourth-order valence-corrected chi connectivity index (χ4v) is 3.14. The first kappa shape index (κ1) is 22.1. The minimum Gasteiger partial charge on any atom is -0.452 e. The van der Waals surface area contributed by atoms with Crippen molar-refractivity contribution in [1.82, 2.24) is 9.62 Å². The first-order valence-electron chi connectivity index (χ1n) is 8.47. The molecule has 0 aliphatic carbocycles. The van der Waals surface area contributed by atoms with Crippen molar-refractivity contribution in [1.29, 1.82) is 0 Å². The van der Waals surface area contributed by atoms with E-state index in [0.717, 1.165) is 4.31 Å². The Labute approximate surface area is 168 Å². The molecule has 0 spiro atoms. The van der Waals surface area contributed by atoms with Gasteiger partial charge in [-0.1, -0.05) is 0 Å². The highest BCUT2D eigenvalue weighted by molar-refractivity contribution is 7.89. The van der Waals surface area contributed by atoms with E-state index in [1.54, 1.807) is 24.3 Å². The molecule has 29 heavy (non-hydrogen) atoms. The minimum absolute atomic E-state index is 0.0389. The molecule has 154 valence electrons. The average molecular weight is 419 g/mol. The number of rotatable bonds is 7. The molecule has 0 radical (unpaired) electrons. The molecule has 0 bridgehead atoms. The van der Waals surface area contributed by atoms with Crippen LogP contribution in [-0.4, -0.2) is 58.3 Å². The van der Waals surface area contributed by atoms with Crippen LogP contribution in [0.3, 0.4) is 0 Å². The molecular formula is C19H21N3O6S. The normalized spacial score (nSPS) is 11.0. The van der Waals surface area contributed by atoms with Crippen LogP contribution in [0.5, 0.6) is 0 Å². The third-order valence-corrected chi connectivity index (χ3v) is 5.69. The summed E-state index contributed by atoms with van der Waals surface area (Å²) >= 11 is 0. The number of nitrogens with zero attached hydrogens (tertiary/aromatic N) is 1. The molecule has 2 aromatic rings. The summed E-state index contributed by atoms with van der Waals surface area (Å²) in [5, 5.41) is 5.03. The van der Waals surface area contributed by atoms with Gasteiger partial charge in [0.2, 0.25) is 10.0 Å². The summed E-state index contributed by atoms with van der Waals surface area (Å²) in [4.78, 5) is 35.5. The SMILES string of the molecule is CNC(=O)c1ccc(NC(=O)COC(=O)c2ccc(S(=O)(=O)N(C)C)cc2)cc1. The number of sulfonamides is 1. The maximum absolute atomic E-state index is 12.0. The second-order valence-corrected chi connectivity index (χ2v) is 8.24. The zero-order valence-corrected chi connectivity index (χ0v) is 16.9. The van der Waals surface area contributed by atoms with Crippen LogP contribution in [-0.2, 0) is 19.6 Å². The second kappa shape index (κ2) is 9.30. The number of esters is 1. The molecule has 2 amide bonds. The zero-order chi connectivity index (χ0) is 21.6. The monoisotopic (exact) mass is 419 g/mol. The molecule has 2 N–H and O–H groups in total. The first-order chi connectivity index (χ1) is 13.6. The Morgan fingerprint density at radius 3 is 2.00 bits per heavy atom. The number of amides is 2. The van der Waals surface area contributed by atoms with Crippen molar-refractivity contribution < 1.29 is 27.5 Å². The predicted octanol–water partition coefficient (Wildman–Crippen LogP) is 1.09. The van der Waals surface area contributed by atoms with E-state index >= 15 is 0 Å². The Morgan fingerprint density at radius 1 is 0.931 bits per heavy atom. The fraction of sp³-hybridized carbons (Fsp3) is 0.211. The number of hydrogen-bond acceptors (Lipinski definition) is 6. The summed E-state index contributed by atoms with van der Waals surface area (Å²) in [6, 6.07) is 11.4. The van der Waals surface area contributed by atoms with Gasteiger partial charge in [-0.25, -0.2) is 17.5 Å². The van der Waals surface area contributed by atoms with E-state index in [9.17, 15) is 22.8 Å². The van der Waals surface area contributed by atoms with Crippen molar-refractivity contribution in [3.63, 3.8) is 0 Å². The maximum atomic E-state index is 12.0. The second-order valence-electron chi connectivity index (χ2n) is 6.09. The minimum atomic E-state index is -3.60. The molecular weight excluding hydrogens is 398 g/mol. The van der Waals surface area contributed by atoms with E-state index in [1.165, 1.54) is 45.4 Å². The number of anilines is 1. The summed E-state index contributed by atoms with van der Waals surface area (Å²) in [5.74, 6) is -1.57. The lowest BCUT2D eigenvalue weighted by atomic mass is 10.2. The summed E-state index contributed by atoms with van der Waals surface area (Å²) in [7, 11) is 0.727. The lowest BCUT2D eigenvalue weighted by molar-refractivity contribution is -0.119. The molecule has 2 aromatic carbocycles. The standard InChI is InChI=1S/C19H21N3O6S/c1-20-18(24)13-4-8-15(9-5-13)21-17(23)12-28-19(25)14-6-10-16(11-7-14)29(26,27)22(2)3/h4-11H,12H2,1-3H3,(H,20,24)(H,21,23). The molecule has 9 nitrogen and oxygen atoms in total. The van der Waals surface area contributed by atoms with E-state index < -0.39 is 28.5 Å². The third-order valence-electron chi connectivity index (χ3n) is 3.86. The molecule has 0 aliphatic heterocycles. The molecule has 0 atom stereocenters. The van der Waals surface area contributed by atoms with E-state index in [-0.39, 0.29) is 16.4 Å². The summed E-state index contributed by atoms with van der Waals surface area (Å²) in [5.41, 5.74) is 0.999. The maximum Gasteiger partial charge on any atom is 0.338 e. The van der Waals surface area contributed by atoms with E-state index in [2.05, 4.69) is 10.6 Å². The van der Waals surface area contributed by atoms with Gasteiger partial charge in [-0.15, -0.1) is 0 Å². The van der Waals surface area contributed by atoms with E-state index in [0.29, 0.717) is 11.3 Å². The lowest BCUT2D eigenvalue weighted by Crippen LogP contribution is -2.22. The molecule has 0 saturated carbocycles. The Kier molecular flexibility index (Phi) is 7.08. The van der Waals surface area contributed by atoms with Crippen molar-refractivity contribution in [3.8, 4) is 0 Å². The van der Waals surface area contributed by atoms with Gasteiger partial charge in [0.1, 0.15) is 0 Å². The van der Waals surface area contributed by atoms with Gasteiger partial charge in [-0.2, -0.15) is 0 Å². The van der Waals surface area contributed by atoms with E-state index in [1.807, 2.05) is 0 Å². The van der Waals surface area contributed by atoms with Crippen LogP contribution in [0.15, 0.2) is 53.4 Å². The van der Waals surface area contributed by atoms with Crippen molar-refractivity contribution in [2.24, 2.45) is 0 Å². The summed E-state index contributed by atoms with van der Waals surface area (Å²) in [6.07, 6.45) is 0. The lowest BCUT2D eigenvalue weighted by Gasteiger charge is -2.11. The highest BCUT2D eigenvalue weighted by Crippen LogP contribution is 2.15. The third kappa shape index (κ3) is 5.62. The quantitative estimate of drug-likeness (QED) is 0.648. The van der Waals surface area contributed by atoms with Crippen LogP contribution in [0.2, 0.25) is 0 Å². The smallest absolute Gasteiger partial charge is 0.338 e. The van der Waals surface area contributed by atoms with Crippen molar-refractivity contribution in [2.45, 2.75) is 4.90 Å². The van der Waals surface area contributed by atoms with Crippen LogP contribution in [0.1, 0.15) is 20.7 Å². The van der Waals surface area contributed by atoms with Crippen LogP contribution in [0.25, 0.3) is 0 Å². The van der Waals surface area contributed by atoms with Crippen LogP contribution in [0.4, 0.5) is 5.69 Å². The van der Waals surface area contributed by atoms with Crippen molar-refractivity contribution in [2.75, 3.05) is 33.1 Å². The number of benzene rings is 2. The summed E-state index contributed by atoms with van der Waals surface area (Å²) in [6.45, 7) is -0.520.